The molecule has 7 nitrogen and oxygen atoms in total. The molecule has 1 aromatic carbocycles. The van der Waals surface area contributed by atoms with Crippen molar-refractivity contribution in [3.63, 3.8) is 0 Å². The Morgan fingerprint density at radius 1 is 1.11 bits per heavy atom. The van der Waals surface area contributed by atoms with Crippen LogP contribution < -0.4 is 15.0 Å². The first kappa shape index (κ1) is 18.5. The molecule has 0 amide bonds. The van der Waals surface area contributed by atoms with E-state index in [-0.39, 0.29) is 0 Å². The van der Waals surface area contributed by atoms with Crippen LogP contribution in [0.15, 0.2) is 47.7 Å². The SMILES string of the molecule is CN=C(NCc1ccccc1OC1CCC1)N1CCN(c2ncccn2)CC1. The molecule has 148 valence electrons. The quantitative estimate of drug-likeness (QED) is 0.634. The first-order chi connectivity index (χ1) is 13.8. The van der Waals surface area contributed by atoms with Crippen molar-refractivity contribution in [2.75, 3.05) is 38.1 Å². The van der Waals surface area contributed by atoms with E-state index in [0.29, 0.717) is 12.6 Å². The maximum Gasteiger partial charge on any atom is 0.225 e. The fourth-order valence-electron chi connectivity index (χ4n) is 3.51. The Morgan fingerprint density at radius 2 is 1.86 bits per heavy atom. The van der Waals surface area contributed by atoms with E-state index in [1.165, 1.54) is 24.8 Å². The number of aromatic nitrogens is 2. The summed E-state index contributed by atoms with van der Waals surface area (Å²) < 4.78 is 6.14. The normalized spacial score (nSPS) is 18.0. The zero-order valence-electron chi connectivity index (χ0n) is 16.4. The van der Waals surface area contributed by atoms with E-state index >= 15 is 0 Å². The molecule has 1 aromatic heterocycles. The Kier molecular flexibility index (Phi) is 5.89. The molecule has 0 radical (unpaired) electrons. The van der Waals surface area contributed by atoms with E-state index in [9.17, 15) is 0 Å². The molecule has 0 bridgehead atoms. The minimum absolute atomic E-state index is 0.383. The second-order valence-corrected chi connectivity index (χ2v) is 7.20. The number of rotatable bonds is 5. The molecule has 1 saturated heterocycles. The number of anilines is 1. The zero-order chi connectivity index (χ0) is 19.2. The Bertz CT molecular complexity index is 784. The summed E-state index contributed by atoms with van der Waals surface area (Å²) in [6, 6.07) is 10.1. The molecule has 0 atom stereocenters. The molecule has 4 rings (SSSR count). The predicted molar refractivity (Wildman–Crippen MR) is 111 cm³/mol. The molecule has 1 N–H and O–H groups in total. The third kappa shape index (κ3) is 4.35. The van der Waals surface area contributed by atoms with E-state index in [0.717, 1.165) is 43.8 Å². The minimum Gasteiger partial charge on any atom is -0.490 e. The molecule has 7 heteroatoms. The molecular formula is C21H28N6O. The summed E-state index contributed by atoms with van der Waals surface area (Å²) >= 11 is 0. The van der Waals surface area contributed by atoms with Crippen molar-refractivity contribution in [3.05, 3.63) is 48.3 Å². The van der Waals surface area contributed by atoms with Gasteiger partial charge < -0.3 is 19.9 Å². The lowest BCUT2D eigenvalue weighted by Crippen LogP contribution is -2.52. The standard InChI is InChI=1S/C21H28N6O/c1-22-20(26-12-14-27(15-13-26)21-23-10-5-11-24-21)25-16-17-6-2-3-9-19(17)28-18-7-4-8-18/h2-3,5-6,9-11,18H,4,7-8,12-16H2,1H3,(H,22,25). The van der Waals surface area contributed by atoms with Crippen LogP contribution in [0.1, 0.15) is 24.8 Å². The van der Waals surface area contributed by atoms with Crippen LogP contribution >= 0.6 is 0 Å². The maximum absolute atomic E-state index is 6.14. The van der Waals surface area contributed by atoms with Crippen molar-refractivity contribution in [2.45, 2.75) is 31.9 Å². The van der Waals surface area contributed by atoms with E-state index in [2.05, 4.69) is 48.3 Å². The fourth-order valence-corrected chi connectivity index (χ4v) is 3.51. The average molecular weight is 380 g/mol. The molecule has 28 heavy (non-hydrogen) atoms. The van der Waals surface area contributed by atoms with Crippen LogP contribution in [0.5, 0.6) is 5.75 Å². The summed E-state index contributed by atoms with van der Waals surface area (Å²) in [5.41, 5.74) is 1.17. The van der Waals surface area contributed by atoms with Gasteiger partial charge in [0.05, 0.1) is 6.10 Å². The second kappa shape index (κ2) is 8.91. The lowest BCUT2D eigenvalue weighted by Gasteiger charge is -2.36. The first-order valence-corrected chi connectivity index (χ1v) is 10.1. The van der Waals surface area contributed by atoms with E-state index in [1.54, 1.807) is 12.4 Å². The van der Waals surface area contributed by atoms with Gasteiger partial charge in [-0.1, -0.05) is 18.2 Å². The van der Waals surface area contributed by atoms with Gasteiger partial charge in [0.1, 0.15) is 5.75 Å². The van der Waals surface area contributed by atoms with Crippen LogP contribution in [-0.2, 0) is 6.54 Å². The van der Waals surface area contributed by atoms with Gasteiger partial charge in [0.2, 0.25) is 5.95 Å². The van der Waals surface area contributed by atoms with Crippen molar-refractivity contribution in [1.82, 2.24) is 20.2 Å². The van der Waals surface area contributed by atoms with Gasteiger partial charge in [0.25, 0.3) is 0 Å². The third-order valence-corrected chi connectivity index (χ3v) is 5.38. The summed E-state index contributed by atoms with van der Waals surface area (Å²) in [5, 5.41) is 3.51. The number of hydrogen-bond acceptors (Lipinski definition) is 5. The number of nitrogens with one attached hydrogen (secondary N) is 1. The van der Waals surface area contributed by atoms with E-state index < -0.39 is 0 Å². The van der Waals surface area contributed by atoms with Crippen LogP contribution in [0, 0.1) is 0 Å². The summed E-state index contributed by atoms with van der Waals surface area (Å²) in [6.07, 6.45) is 7.57. The Balaban J connectivity index is 1.32. The maximum atomic E-state index is 6.14. The van der Waals surface area contributed by atoms with Gasteiger partial charge in [0.15, 0.2) is 5.96 Å². The number of benzene rings is 1. The predicted octanol–water partition coefficient (Wildman–Crippen LogP) is 2.31. The van der Waals surface area contributed by atoms with Gasteiger partial charge in [-0.05, 0) is 31.4 Å². The number of para-hydroxylation sites is 1. The Labute approximate surface area is 166 Å². The van der Waals surface area contributed by atoms with Gasteiger partial charge >= 0.3 is 0 Å². The van der Waals surface area contributed by atoms with Gasteiger partial charge in [-0.3, -0.25) is 4.99 Å². The highest BCUT2D eigenvalue weighted by molar-refractivity contribution is 5.80. The topological polar surface area (TPSA) is 65.9 Å². The van der Waals surface area contributed by atoms with E-state index in [1.807, 2.05) is 19.2 Å². The smallest absolute Gasteiger partial charge is 0.225 e. The van der Waals surface area contributed by atoms with Crippen LogP contribution in [0.3, 0.4) is 0 Å². The molecule has 1 aliphatic carbocycles. The Morgan fingerprint density at radius 3 is 2.54 bits per heavy atom. The summed E-state index contributed by atoms with van der Waals surface area (Å²) in [7, 11) is 1.84. The Hall–Kier alpha value is -2.83. The van der Waals surface area contributed by atoms with Gasteiger partial charge in [-0.2, -0.15) is 0 Å². The van der Waals surface area contributed by atoms with Gasteiger partial charge in [-0.15, -0.1) is 0 Å². The van der Waals surface area contributed by atoms with Crippen LogP contribution in [0.2, 0.25) is 0 Å². The number of nitrogens with zero attached hydrogens (tertiary/aromatic N) is 5. The monoisotopic (exact) mass is 380 g/mol. The number of piperazine rings is 1. The summed E-state index contributed by atoms with van der Waals surface area (Å²) in [4.78, 5) is 17.7. The highest BCUT2D eigenvalue weighted by Gasteiger charge is 2.22. The first-order valence-electron chi connectivity index (χ1n) is 10.1. The number of ether oxygens (including phenoxy) is 1. The summed E-state index contributed by atoms with van der Waals surface area (Å²) in [6.45, 7) is 4.24. The minimum atomic E-state index is 0.383. The van der Waals surface area contributed by atoms with Crippen molar-refractivity contribution in [1.29, 1.82) is 0 Å². The van der Waals surface area contributed by atoms with Crippen LogP contribution in [0.4, 0.5) is 5.95 Å². The van der Waals surface area contributed by atoms with Crippen molar-refractivity contribution in [2.24, 2.45) is 4.99 Å². The largest absolute Gasteiger partial charge is 0.490 e. The zero-order valence-corrected chi connectivity index (χ0v) is 16.4. The number of guanidine groups is 1. The molecule has 0 unspecified atom stereocenters. The molecule has 1 saturated carbocycles. The highest BCUT2D eigenvalue weighted by Crippen LogP contribution is 2.27. The van der Waals surface area contributed by atoms with Gasteiger partial charge in [-0.25, -0.2) is 9.97 Å². The molecule has 0 spiro atoms. The van der Waals surface area contributed by atoms with E-state index in [4.69, 9.17) is 4.74 Å². The highest BCUT2D eigenvalue weighted by atomic mass is 16.5. The molecular weight excluding hydrogens is 352 g/mol. The molecule has 2 fully saturated rings. The van der Waals surface area contributed by atoms with Gasteiger partial charge in [0, 0.05) is 57.7 Å². The van der Waals surface area contributed by atoms with Crippen molar-refractivity contribution < 1.29 is 4.74 Å². The molecule has 2 aliphatic rings. The van der Waals surface area contributed by atoms with Crippen molar-refractivity contribution in [3.8, 4) is 5.75 Å². The third-order valence-electron chi connectivity index (χ3n) is 5.38. The molecule has 2 heterocycles. The molecule has 1 aliphatic heterocycles. The summed E-state index contributed by atoms with van der Waals surface area (Å²) in [5.74, 6) is 2.71. The average Bonchev–Trinajstić information content (AvgIpc) is 2.73. The number of aliphatic imine (C=N–C) groups is 1. The van der Waals surface area contributed by atoms with Crippen molar-refractivity contribution >= 4 is 11.9 Å². The number of hydrogen-bond donors (Lipinski definition) is 1. The van der Waals surface area contributed by atoms with Crippen LogP contribution in [-0.4, -0.2) is 60.2 Å². The fraction of sp³-hybridized carbons (Fsp3) is 0.476. The lowest BCUT2D eigenvalue weighted by molar-refractivity contribution is 0.119. The lowest BCUT2D eigenvalue weighted by atomic mass is 9.96. The molecule has 2 aromatic rings. The van der Waals surface area contributed by atoms with Crippen LogP contribution in [0.25, 0.3) is 0 Å². The second-order valence-electron chi connectivity index (χ2n) is 7.20.